The molecule has 0 saturated carbocycles. The van der Waals surface area contributed by atoms with E-state index in [2.05, 4.69) is 10.2 Å². The van der Waals surface area contributed by atoms with Crippen LogP contribution in [0.15, 0.2) is 42.5 Å². The number of fused-ring (bicyclic) bond motifs is 4. The summed E-state index contributed by atoms with van der Waals surface area (Å²) in [6.07, 6.45) is -2.15. The van der Waals surface area contributed by atoms with Crippen molar-refractivity contribution in [2.75, 3.05) is 26.2 Å². The predicted molar refractivity (Wildman–Crippen MR) is 112 cm³/mol. The molecule has 1 unspecified atom stereocenters. The van der Waals surface area contributed by atoms with Crippen molar-refractivity contribution >= 4 is 6.09 Å². The SMILES string of the molecule is O=C(NC1CCOc2ccc(-c3ccc(C(F)(F)F)cc3)cc21)O[C@H]1CN2CCC1CC2. The summed E-state index contributed by atoms with van der Waals surface area (Å²) in [5, 5.41) is 2.98. The number of benzene rings is 2. The highest BCUT2D eigenvalue weighted by Gasteiger charge is 2.37. The number of alkyl halides is 3. The number of nitrogens with one attached hydrogen (secondary N) is 1. The van der Waals surface area contributed by atoms with E-state index >= 15 is 0 Å². The quantitative estimate of drug-likeness (QED) is 0.720. The smallest absolute Gasteiger partial charge is 0.416 e. The summed E-state index contributed by atoms with van der Waals surface area (Å²) >= 11 is 0. The monoisotopic (exact) mass is 446 g/mol. The molecule has 170 valence electrons. The van der Waals surface area contributed by atoms with E-state index in [1.165, 1.54) is 12.1 Å². The highest BCUT2D eigenvalue weighted by atomic mass is 19.4. The van der Waals surface area contributed by atoms with E-state index in [4.69, 9.17) is 9.47 Å². The van der Waals surface area contributed by atoms with Crippen LogP contribution in [0, 0.1) is 5.92 Å². The molecule has 3 fully saturated rings. The van der Waals surface area contributed by atoms with E-state index in [1.54, 1.807) is 6.07 Å². The van der Waals surface area contributed by atoms with Gasteiger partial charge in [0.2, 0.25) is 0 Å². The van der Waals surface area contributed by atoms with E-state index < -0.39 is 17.8 Å². The molecule has 0 spiro atoms. The third-order valence-corrected chi connectivity index (χ3v) is 6.74. The largest absolute Gasteiger partial charge is 0.493 e. The number of carbonyl (C=O) groups is 1. The summed E-state index contributed by atoms with van der Waals surface area (Å²) in [4.78, 5) is 15.0. The first-order valence-corrected chi connectivity index (χ1v) is 11.0. The van der Waals surface area contributed by atoms with Gasteiger partial charge in [0.25, 0.3) is 0 Å². The number of ether oxygens (including phenoxy) is 2. The van der Waals surface area contributed by atoms with Crippen molar-refractivity contribution in [1.29, 1.82) is 0 Å². The summed E-state index contributed by atoms with van der Waals surface area (Å²) in [6.45, 7) is 3.41. The first-order chi connectivity index (χ1) is 15.4. The van der Waals surface area contributed by atoms with E-state index in [1.807, 2.05) is 12.1 Å². The molecule has 6 rings (SSSR count). The van der Waals surface area contributed by atoms with Crippen molar-refractivity contribution in [1.82, 2.24) is 10.2 Å². The molecule has 0 radical (unpaired) electrons. The van der Waals surface area contributed by atoms with Gasteiger partial charge in [-0.25, -0.2) is 4.79 Å². The number of hydrogen-bond donors (Lipinski definition) is 1. The number of alkyl carbamates (subject to hydrolysis) is 1. The minimum atomic E-state index is -4.37. The Kier molecular flexibility index (Phi) is 5.49. The second-order valence-electron chi connectivity index (χ2n) is 8.74. The molecule has 4 aliphatic rings. The van der Waals surface area contributed by atoms with Gasteiger partial charge in [-0.15, -0.1) is 0 Å². The van der Waals surface area contributed by atoms with Crippen LogP contribution < -0.4 is 10.1 Å². The lowest BCUT2D eigenvalue weighted by Gasteiger charge is -2.44. The molecular formula is C24H25F3N2O3. The molecule has 8 heteroatoms. The van der Waals surface area contributed by atoms with Gasteiger partial charge < -0.3 is 14.8 Å². The van der Waals surface area contributed by atoms with Gasteiger partial charge in [-0.2, -0.15) is 13.2 Å². The maximum Gasteiger partial charge on any atom is 0.416 e. The standard InChI is InChI=1S/C24H25F3N2O3/c25-24(26,27)18-4-1-15(2-5-18)17-3-6-21-19(13-17)20(9-12-31-21)28-23(30)32-22-14-29-10-7-16(22)8-11-29/h1-6,13,16,20,22H,7-12,14H2,(H,28,30)/t20?,22-/m0/s1. The zero-order chi connectivity index (χ0) is 22.3. The fraction of sp³-hybridized carbons (Fsp3) is 0.458. The number of nitrogens with zero attached hydrogens (tertiary/aromatic N) is 1. The van der Waals surface area contributed by atoms with E-state index in [0.29, 0.717) is 30.3 Å². The van der Waals surface area contributed by atoms with Gasteiger partial charge in [0, 0.05) is 18.5 Å². The Morgan fingerprint density at radius 2 is 1.75 bits per heavy atom. The highest BCUT2D eigenvalue weighted by molar-refractivity contribution is 5.70. The molecule has 3 saturated heterocycles. The van der Waals surface area contributed by atoms with Crippen LogP contribution in [0.3, 0.4) is 0 Å². The molecule has 4 heterocycles. The molecule has 0 aromatic heterocycles. The molecule has 2 aromatic carbocycles. The van der Waals surface area contributed by atoms with Crippen molar-refractivity contribution in [3.05, 3.63) is 53.6 Å². The molecule has 32 heavy (non-hydrogen) atoms. The molecule has 2 bridgehead atoms. The minimum Gasteiger partial charge on any atom is -0.493 e. The highest BCUT2D eigenvalue weighted by Crippen LogP contribution is 2.37. The Bertz CT molecular complexity index is 985. The molecule has 1 amide bonds. The van der Waals surface area contributed by atoms with Crippen LogP contribution in [0.25, 0.3) is 11.1 Å². The van der Waals surface area contributed by atoms with Gasteiger partial charge in [-0.3, -0.25) is 4.90 Å². The Labute approximate surface area is 184 Å². The van der Waals surface area contributed by atoms with Crippen LogP contribution in [0.2, 0.25) is 0 Å². The van der Waals surface area contributed by atoms with Crippen LogP contribution in [0.5, 0.6) is 5.75 Å². The summed E-state index contributed by atoms with van der Waals surface area (Å²) in [5.41, 5.74) is 1.55. The maximum atomic E-state index is 12.9. The van der Waals surface area contributed by atoms with Crippen molar-refractivity contribution in [3.8, 4) is 16.9 Å². The van der Waals surface area contributed by atoms with Crippen LogP contribution in [0.4, 0.5) is 18.0 Å². The molecule has 5 nitrogen and oxygen atoms in total. The number of amides is 1. The normalized spacial score (nSPS) is 26.7. The van der Waals surface area contributed by atoms with Gasteiger partial charge >= 0.3 is 12.3 Å². The van der Waals surface area contributed by atoms with Crippen molar-refractivity contribution in [2.45, 2.75) is 37.6 Å². The number of rotatable bonds is 3. The Morgan fingerprint density at radius 3 is 2.41 bits per heavy atom. The van der Waals surface area contributed by atoms with Crippen LogP contribution in [0.1, 0.15) is 36.4 Å². The van der Waals surface area contributed by atoms with Crippen LogP contribution >= 0.6 is 0 Å². The maximum absolute atomic E-state index is 12.9. The van der Waals surface area contributed by atoms with Crippen LogP contribution in [-0.4, -0.2) is 43.3 Å². The van der Waals surface area contributed by atoms with Crippen molar-refractivity contribution in [2.24, 2.45) is 5.92 Å². The van der Waals surface area contributed by atoms with Gasteiger partial charge in [-0.1, -0.05) is 18.2 Å². The number of hydrogen-bond acceptors (Lipinski definition) is 4. The van der Waals surface area contributed by atoms with Gasteiger partial charge in [-0.05, 0) is 67.2 Å². The lowest BCUT2D eigenvalue weighted by Crippen LogP contribution is -2.52. The molecule has 0 aliphatic carbocycles. The number of halogens is 3. The average Bonchev–Trinajstić information content (AvgIpc) is 2.79. The molecular weight excluding hydrogens is 421 g/mol. The lowest BCUT2D eigenvalue weighted by molar-refractivity contribution is -0.137. The van der Waals surface area contributed by atoms with Crippen molar-refractivity contribution < 1.29 is 27.4 Å². The van der Waals surface area contributed by atoms with E-state index in [0.717, 1.165) is 55.7 Å². The summed E-state index contributed by atoms with van der Waals surface area (Å²) < 4.78 is 50.1. The molecule has 2 atom stereocenters. The number of piperidine rings is 3. The fourth-order valence-electron chi connectivity index (χ4n) is 4.93. The lowest BCUT2D eigenvalue weighted by atomic mass is 9.86. The first-order valence-electron chi connectivity index (χ1n) is 11.0. The number of carbonyl (C=O) groups excluding carboxylic acids is 1. The van der Waals surface area contributed by atoms with Gasteiger partial charge in [0.1, 0.15) is 11.9 Å². The fourth-order valence-corrected chi connectivity index (χ4v) is 4.93. The summed E-state index contributed by atoms with van der Waals surface area (Å²) in [5.74, 6) is 1.10. The zero-order valence-corrected chi connectivity index (χ0v) is 17.5. The van der Waals surface area contributed by atoms with E-state index in [9.17, 15) is 18.0 Å². The average molecular weight is 446 g/mol. The molecule has 2 aromatic rings. The van der Waals surface area contributed by atoms with Gasteiger partial charge in [0.15, 0.2) is 0 Å². The second-order valence-corrected chi connectivity index (χ2v) is 8.74. The predicted octanol–water partition coefficient (Wildman–Crippen LogP) is 5.02. The van der Waals surface area contributed by atoms with E-state index in [-0.39, 0.29) is 12.1 Å². The third kappa shape index (κ3) is 4.28. The molecule has 1 N–H and O–H groups in total. The Morgan fingerprint density at radius 1 is 1.03 bits per heavy atom. The summed E-state index contributed by atoms with van der Waals surface area (Å²) in [6, 6.07) is 10.3. The Hall–Kier alpha value is -2.74. The topological polar surface area (TPSA) is 50.8 Å². The first kappa shape index (κ1) is 21.1. The summed E-state index contributed by atoms with van der Waals surface area (Å²) in [7, 11) is 0. The molecule has 4 aliphatic heterocycles. The zero-order valence-electron chi connectivity index (χ0n) is 17.5. The third-order valence-electron chi connectivity index (χ3n) is 6.74. The Balaban J connectivity index is 1.31. The van der Waals surface area contributed by atoms with Gasteiger partial charge in [0.05, 0.1) is 18.2 Å². The van der Waals surface area contributed by atoms with Crippen LogP contribution in [-0.2, 0) is 10.9 Å². The van der Waals surface area contributed by atoms with Crippen molar-refractivity contribution in [3.63, 3.8) is 0 Å². The second kappa shape index (κ2) is 8.31. The minimum absolute atomic E-state index is 0.0738.